The highest BCUT2D eigenvalue weighted by Crippen LogP contribution is 2.47. The van der Waals surface area contributed by atoms with E-state index in [-0.39, 0.29) is 11.3 Å². The number of aromatic nitrogens is 3. The maximum absolute atomic E-state index is 12.1. The highest BCUT2D eigenvalue weighted by Gasteiger charge is 2.44. The Balaban J connectivity index is 1.77. The zero-order chi connectivity index (χ0) is 14.2. The van der Waals surface area contributed by atoms with Gasteiger partial charge >= 0.3 is 0 Å². The fourth-order valence-corrected chi connectivity index (χ4v) is 2.10. The Hall–Kier alpha value is -2.68. The first-order chi connectivity index (χ1) is 9.64. The molecule has 3 rings (SSSR count). The highest BCUT2D eigenvalue weighted by atomic mass is 16.1. The summed E-state index contributed by atoms with van der Waals surface area (Å²) < 4.78 is 1.63. The summed E-state index contributed by atoms with van der Waals surface area (Å²) >= 11 is 0. The molecule has 1 N–H and O–H groups in total. The van der Waals surface area contributed by atoms with E-state index in [4.69, 9.17) is 5.26 Å². The lowest BCUT2D eigenvalue weighted by Gasteiger charge is -2.08. The van der Waals surface area contributed by atoms with Crippen LogP contribution in [0.3, 0.4) is 0 Å². The average Bonchev–Trinajstić information content (AvgIpc) is 3.18. The number of benzene rings is 1. The third kappa shape index (κ3) is 2.03. The Bertz CT molecular complexity index is 691. The molecule has 6 nitrogen and oxygen atoms in total. The molecular weight excluding hydrogens is 254 g/mol. The smallest absolute Gasteiger partial charge is 0.258 e. The zero-order valence-electron chi connectivity index (χ0n) is 11.0. The largest absolute Gasteiger partial charge is 0.303 e. The van der Waals surface area contributed by atoms with Crippen LogP contribution in [0.25, 0.3) is 0 Å². The van der Waals surface area contributed by atoms with Crippen LogP contribution < -0.4 is 5.32 Å². The molecule has 1 aliphatic carbocycles. The first kappa shape index (κ1) is 12.4. The molecule has 0 bridgehead atoms. The van der Waals surface area contributed by atoms with Crippen molar-refractivity contribution in [2.75, 3.05) is 5.32 Å². The van der Waals surface area contributed by atoms with E-state index >= 15 is 0 Å². The SMILES string of the molecule is Cn1cnnc1NC(=O)c1ccc(C2(C#N)CC2)cc1. The van der Waals surface area contributed by atoms with Crippen LogP contribution >= 0.6 is 0 Å². The summed E-state index contributed by atoms with van der Waals surface area (Å²) in [5.41, 5.74) is 1.19. The van der Waals surface area contributed by atoms with Gasteiger partial charge in [-0.15, -0.1) is 10.2 Å². The predicted molar refractivity (Wildman–Crippen MR) is 71.9 cm³/mol. The van der Waals surface area contributed by atoms with E-state index in [1.54, 1.807) is 23.7 Å². The summed E-state index contributed by atoms with van der Waals surface area (Å²) in [6, 6.07) is 9.51. The lowest BCUT2D eigenvalue weighted by Crippen LogP contribution is -2.15. The molecule has 1 amide bonds. The molecule has 0 spiro atoms. The fourth-order valence-electron chi connectivity index (χ4n) is 2.10. The van der Waals surface area contributed by atoms with E-state index < -0.39 is 0 Å². The molecule has 2 aromatic rings. The fraction of sp³-hybridized carbons (Fsp3) is 0.286. The van der Waals surface area contributed by atoms with Crippen molar-refractivity contribution in [1.82, 2.24) is 14.8 Å². The van der Waals surface area contributed by atoms with Crippen LogP contribution in [-0.2, 0) is 12.5 Å². The minimum atomic E-state index is -0.321. The minimum absolute atomic E-state index is 0.241. The second kappa shape index (κ2) is 4.46. The van der Waals surface area contributed by atoms with Gasteiger partial charge in [0.25, 0.3) is 5.91 Å². The highest BCUT2D eigenvalue weighted by molar-refractivity contribution is 6.03. The topological polar surface area (TPSA) is 83.6 Å². The number of rotatable bonds is 3. The molecule has 0 atom stereocenters. The number of anilines is 1. The van der Waals surface area contributed by atoms with Gasteiger partial charge in [0.15, 0.2) is 0 Å². The molecule has 0 aliphatic heterocycles. The summed E-state index contributed by atoms with van der Waals surface area (Å²) in [6.07, 6.45) is 3.31. The number of amides is 1. The van der Waals surface area contributed by atoms with Crippen LogP contribution in [0.4, 0.5) is 5.95 Å². The van der Waals surface area contributed by atoms with Crippen molar-refractivity contribution in [2.45, 2.75) is 18.3 Å². The van der Waals surface area contributed by atoms with Crippen LogP contribution in [-0.4, -0.2) is 20.7 Å². The van der Waals surface area contributed by atoms with Gasteiger partial charge in [0.2, 0.25) is 5.95 Å². The van der Waals surface area contributed by atoms with E-state index in [1.807, 2.05) is 12.1 Å². The lowest BCUT2D eigenvalue weighted by molar-refractivity contribution is 0.102. The molecule has 1 fully saturated rings. The first-order valence-corrected chi connectivity index (χ1v) is 6.32. The van der Waals surface area contributed by atoms with Crippen LogP contribution in [0.2, 0.25) is 0 Å². The molecule has 20 heavy (non-hydrogen) atoms. The summed E-state index contributed by atoms with van der Waals surface area (Å²) in [5.74, 6) is 0.157. The summed E-state index contributed by atoms with van der Waals surface area (Å²) in [7, 11) is 1.75. The molecule has 0 radical (unpaired) electrons. The molecule has 1 aliphatic rings. The van der Waals surface area contributed by atoms with Gasteiger partial charge in [0, 0.05) is 12.6 Å². The third-order valence-electron chi connectivity index (χ3n) is 3.60. The van der Waals surface area contributed by atoms with Gasteiger partial charge in [-0.25, -0.2) is 0 Å². The Kier molecular flexibility index (Phi) is 2.75. The predicted octanol–water partition coefficient (Wildman–Crippen LogP) is 1.62. The molecule has 1 aromatic carbocycles. The Labute approximate surface area is 116 Å². The molecule has 1 heterocycles. The van der Waals surface area contributed by atoms with Crippen LogP contribution in [0.15, 0.2) is 30.6 Å². The number of nitrogens with one attached hydrogen (secondary N) is 1. The van der Waals surface area contributed by atoms with Crippen LogP contribution in [0, 0.1) is 11.3 Å². The molecule has 6 heteroatoms. The van der Waals surface area contributed by atoms with Gasteiger partial charge < -0.3 is 4.57 Å². The normalized spacial score (nSPS) is 15.4. The standard InChI is InChI=1S/C14H13N5O/c1-19-9-16-18-13(19)17-12(20)10-2-4-11(5-3-10)14(8-15)6-7-14/h2-5,9H,6-7H2,1H3,(H,17,18,20). The molecule has 1 saturated carbocycles. The molecule has 0 saturated heterocycles. The number of nitrogens with zero attached hydrogens (tertiary/aromatic N) is 4. The summed E-state index contributed by atoms with van der Waals surface area (Å²) in [5, 5.41) is 19.3. The van der Waals surface area contributed by atoms with Gasteiger partial charge in [-0.2, -0.15) is 5.26 Å². The Morgan fingerprint density at radius 3 is 2.60 bits per heavy atom. The monoisotopic (exact) mass is 267 g/mol. The van der Waals surface area contributed by atoms with Gasteiger partial charge in [-0.1, -0.05) is 12.1 Å². The number of hydrogen-bond donors (Lipinski definition) is 1. The van der Waals surface area contributed by atoms with Crippen molar-refractivity contribution in [2.24, 2.45) is 7.05 Å². The van der Waals surface area contributed by atoms with E-state index in [0.717, 1.165) is 18.4 Å². The number of hydrogen-bond acceptors (Lipinski definition) is 4. The van der Waals surface area contributed by atoms with Gasteiger partial charge in [-0.05, 0) is 30.5 Å². The van der Waals surface area contributed by atoms with Gasteiger partial charge in [0.05, 0.1) is 11.5 Å². The number of aryl methyl sites for hydroxylation is 1. The van der Waals surface area contributed by atoms with Crippen molar-refractivity contribution in [3.05, 3.63) is 41.7 Å². The summed E-state index contributed by atoms with van der Waals surface area (Å²) in [6.45, 7) is 0. The van der Waals surface area contributed by atoms with Crippen molar-refractivity contribution in [3.63, 3.8) is 0 Å². The molecular formula is C14H13N5O. The maximum Gasteiger partial charge on any atom is 0.258 e. The quantitative estimate of drug-likeness (QED) is 0.916. The Morgan fingerprint density at radius 2 is 2.10 bits per heavy atom. The van der Waals surface area contributed by atoms with E-state index in [1.165, 1.54) is 6.33 Å². The van der Waals surface area contributed by atoms with Crippen LogP contribution in [0.1, 0.15) is 28.8 Å². The van der Waals surface area contributed by atoms with Crippen molar-refractivity contribution < 1.29 is 4.79 Å². The van der Waals surface area contributed by atoms with Gasteiger partial charge in [-0.3, -0.25) is 10.1 Å². The molecule has 100 valence electrons. The van der Waals surface area contributed by atoms with E-state index in [0.29, 0.717) is 11.5 Å². The lowest BCUT2D eigenvalue weighted by atomic mass is 9.96. The van der Waals surface area contributed by atoms with E-state index in [2.05, 4.69) is 21.6 Å². The first-order valence-electron chi connectivity index (χ1n) is 6.32. The minimum Gasteiger partial charge on any atom is -0.303 e. The van der Waals surface area contributed by atoms with E-state index in [9.17, 15) is 4.79 Å². The number of nitriles is 1. The van der Waals surface area contributed by atoms with Crippen LogP contribution in [0.5, 0.6) is 0 Å². The number of carbonyl (C=O) groups excluding carboxylic acids is 1. The molecule has 1 aromatic heterocycles. The second-order valence-electron chi connectivity index (χ2n) is 4.99. The second-order valence-corrected chi connectivity index (χ2v) is 4.99. The average molecular weight is 267 g/mol. The Morgan fingerprint density at radius 1 is 1.40 bits per heavy atom. The number of carbonyl (C=O) groups is 1. The maximum atomic E-state index is 12.1. The van der Waals surface area contributed by atoms with Crippen molar-refractivity contribution >= 4 is 11.9 Å². The summed E-state index contributed by atoms with van der Waals surface area (Å²) in [4.78, 5) is 12.1. The van der Waals surface area contributed by atoms with Gasteiger partial charge in [0.1, 0.15) is 6.33 Å². The molecule has 0 unspecified atom stereocenters. The zero-order valence-corrected chi connectivity index (χ0v) is 11.0. The van der Waals surface area contributed by atoms with Crippen molar-refractivity contribution in [1.29, 1.82) is 5.26 Å². The third-order valence-corrected chi connectivity index (χ3v) is 3.60. The van der Waals surface area contributed by atoms with Crippen molar-refractivity contribution in [3.8, 4) is 6.07 Å².